The molecular weight excluding hydrogens is 287 g/mol. The Morgan fingerprint density at radius 1 is 0.783 bits per heavy atom. The molecule has 0 amide bonds. The van der Waals surface area contributed by atoms with Crippen molar-refractivity contribution in [1.82, 2.24) is 0 Å². The Morgan fingerprint density at radius 2 is 1.48 bits per heavy atom. The smallest absolute Gasteiger partial charge is 0.151 e. The highest BCUT2D eigenvalue weighted by Gasteiger charge is 2.20. The van der Waals surface area contributed by atoms with E-state index in [2.05, 4.69) is 29.3 Å². The van der Waals surface area contributed by atoms with Crippen molar-refractivity contribution in [2.24, 2.45) is 4.99 Å². The summed E-state index contributed by atoms with van der Waals surface area (Å²) in [6.07, 6.45) is 1.90. The quantitative estimate of drug-likeness (QED) is 0.708. The van der Waals surface area contributed by atoms with Crippen molar-refractivity contribution in [2.45, 2.75) is 6.17 Å². The molecule has 1 heterocycles. The van der Waals surface area contributed by atoms with Gasteiger partial charge in [-0.1, -0.05) is 48.5 Å². The van der Waals surface area contributed by atoms with Crippen molar-refractivity contribution in [1.29, 1.82) is 0 Å². The van der Waals surface area contributed by atoms with Crippen molar-refractivity contribution in [3.63, 3.8) is 0 Å². The van der Waals surface area contributed by atoms with Crippen LogP contribution in [0.15, 0.2) is 83.9 Å². The van der Waals surface area contributed by atoms with Crippen molar-refractivity contribution < 1.29 is 4.39 Å². The number of hydrogen-bond acceptors (Lipinski definition) is 2. The first-order chi connectivity index (χ1) is 11.3. The van der Waals surface area contributed by atoms with Gasteiger partial charge in [-0.25, -0.2) is 4.39 Å². The lowest BCUT2D eigenvalue weighted by molar-refractivity contribution is 0.624. The maximum atomic E-state index is 13.3. The summed E-state index contributed by atoms with van der Waals surface area (Å²) in [7, 11) is 0. The predicted octanol–water partition coefficient (Wildman–Crippen LogP) is 3.40. The topological polar surface area (TPSA) is 15.6 Å². The molecule has 3 heteroatoms. The van der Waals surface area contributed by atoms with Crippen LogP contribution in [0.4, 0.5) is 10.1 Å². The first-order valence-corrected chi connectivity index (χ1v) is 7.55. The highest BCUT2D eigenvalue weighted by atomic mass is 19.1. The predicted molar refractivity (Wildman–Crippen MR) is 89.8 cm³/mol. The van der Waals surface area contributed by atoms with Gasteiger partial charge in [-0.15, -0.1) is 0 Å². The summed E-state index contributed by atoms with van der Waals surface area (Å²) in [6.45, 7) is 0. The van der Waals surface area contributed by atoms with Gasteiger partial charge in [-0.05, 0) is 35.9 Å². The zero-order valence-corrected chi connectivity index (χ0v) is 12.4. The Hall–Kier alpha value is -2.94. The molecule has 0 bridgehead atoms. The molecule has 3 aromatic carbocycles. The lowest BCUT2D eigenvalue weighted by Gasteiger charge is -2.30. The Bertz CT molecular complexity index is 933. The Kier molecular flexibility index (Phi) is 3.39. The van der Waals surface area contributed by atoms with E-state index in [0.29, 0.717) is 0 Å². The number of anilines is 1. The average Bonchev–Trinajstić information content (AvgIpc) is 2.62. The summed E-state index contributed by atoms with van der Waals surface area (Å²) in [5.41, 5.74) is 2.01. The largest absolute Gasteiger partial charge is 0.321 e. The van der Waals surface area contributed by atoms with Crippen LogP contribution in [0.25, 0.3) is 6.20 Å². The van der Waals surface area contributed by atoms with Crippen LogP contribution in [0.2, 0.25) is 0 Å². The third-order valence-corrected chi connectivity index (χ3v) is 3.96. The number of halogens is 1. The van der Waals surface area contributed by atoms with Crippen LogP contribution >= 0.6 is 0 Å². The number of para-hydroxylation sites is 2. The van der Waals surface area contributed by atoms with Gasteiger partial charge >= 0.3 is 0 Å². The van der Waals surface area contributed by atoms with Gasteiger partial charge in [0.15, 0.2) is 6.17 Å². The molecule has 3 aromatic rings. The molecule has 0 saturated carbocycles. The van der Waals surface area contributed by atoms with E-state index in [0.717, 1.165) is 21.8 Å². The lowest BCUT2D eigenvalue weighted by Crippen LogP contribution is -2.37. The second kappa shape index (κ2) is 5.69. The number of nitrogens with zero attached hydrogens (tertiary/aromatic N) is 2. The van der Waals surface area contributed by atoms with E-state index in [1.54, 1.807) is 12.1 Å². The van der Waals surface area contributed by atoms with Gasteiger partial charge in [0, 0.05) is 17.1 Å². The highest BCUT2D eigenvalue weighted by molar-refractivity contribution is 5.61. The summed E-state index contributed by atoms with van der Waals surface area (Å²) in [5, 5.41) is 2.03. The number of fused-ring (bicyclic) bond motifs is 1. The zero-order chi connectivity index (χ0) is 15.6. The van der Waals surface area contributed by atoms with E-state index >= 15 is 0 Å². The van der Waals surface area contributed by atoms with Crippen LogP contribution in [0.5, 0.6) is 0 Å². The van der Waals surface area contributed by atoms with Crippen molar-refractivity contribution in [3.8, 4) is 0 Å². The monoisotopic (exact) mass is 302 g/mol. The van der Waals surface area contributed by atoms with Crippen molar-refractivity contribution in [3.05, 3.63) is 101 Å². The fraction of sp³-hybridized carbons (Fsp3) is 0.0500. The van der Waals surface area contributed by atoms with Crippen LogP contribution in [0.3, 0.4) is 0 Å². The van der Waals surface area contributed by atoms with Crippen molar-refractivity contribution >= 4 is 11.9 Å². The van der Waals surface area contributed by atoms with Gasteiger partial charge < -0.3 is 4.90 Å². The maximum Gasteiger partial charge on any atom is 0.151 e. The minimum atomic E-state index is -0.236. The molecule has 2 nitrogen and oxygen atoms in total. The molecule has 0 saturated heterocycles. The van der Waals surface area contributed by atoms with Gasteiger partial charge in [0.1, 0.15) is 5.82 Å². The fourth-order valence-electron chi connectivity index (χ4n) is 2.81. The molecule has 0 radical (unpaired) electrons. The molecule has 112 valence electrons. The zero-order valence-electron chi connectivity index (χ0n) is 12.4. The molecule has 0 N–H and O–H groups in total. The second-order valence-corrected chi connectivity index (χ2v) is 5.49. The van der Waals surface area contributed by atoms with E-state index in [-0.39, 0.29) is 12.0 Å². The van der Waals surface area contributed by atoms with Gasteiger partial charge in [-0.3, -0.25) is 4.99 Å². The number of rotatable bonds is 2. The SMILES string of the molecule is Fc1ccc(C2N=c3ccccc3=CN2c2ccccc2)cc1. The Labute approximate surface area is 133 Å². The van der Waals surface area contributed by atoms with Crippen LogP contribution in [0.1, 0.15) is 11.7 Å². The lowest BCUT2D eigenvalue weighted by atomic mass is 10.1. The summed E-state index contributed by atoms with van der Waals surface area (Å²) in [6, 6.07) is 24.7. The van der Waals surface area contributed by atoms with Crippen molar-refractivity contribution in [2.75, 3.05) is 4.90 Å². The molecule has 0 fully saturated rings. The minimum absolute atomic E-state index is 0.201. The molecule has 0 aromatic heterocycles. The van der Waals surface area contributed by atoms with Gasteiger partial charge in [0.25, 0.3) is 0 Å². The fourth-order valence-corrected chi connectivity index (χ4v) is 2.81. The Morgan fingerprint density at radius 3 is 2.26 bits per heavy atom. The van der Waals surface area contributed by atoms with Gasteiger partial charge in [0.2, 0.25) is 0 Å². The summed E-state index contributed by atoms with van der Waals surface area (Å²) < 4.78 is 13.3. The standard InChI is InChI=1S/C20H15FN2/c21-17-12-10-15(11-13-17)20-22-19-9-5-4-6-16(19)14-23(20)18-7-2-1-3-8-18/h1-14,20H. The molecule has 23 heavy (non-hydrogen) atoms. The van der Waals surface area contributed by atoms with Crippen LogP contribution in [0, 0.1) is 5.82 Å². The van der Waals surface area contributed by atoms with Crippen LogP contribution in [-0.2, 0) is 0 Å². The number of benzene rings is 3. The maximum absolute atomic E-state index is 13.3. The molecule has 0 aliphatic carbocycles. The average molecular weight is 302 g/mol. The first-order valence-electron chi connectivity index (χ1n) is 7.55. The van der Waals surface area contributed by atoms with Gasteiger partial charge in [0.05, 0.1) is 5.36 Å². The Balaban J connectivity index is 1.90. The summed E-state index contributed by atoms with van der Waals surface area (Å²) >= 11 is 0. The molecule has 1 aliphatic rings. The molecule has 1 aliphatic heterocycles. The van der Waals surface area contributed by atoms with Crippen LogP contribution < -0.4 is 15.5 Å². The number of hydrogen-bond donors (Lipinski definition) is 0. The van der Waals surface area contributed by atoms with E-state index in [1.165, 1.54) is 12.1 Å². The second-order valence-electron chi connectivity index (χ2n) is 5.49. The van der Waals surface area contributed by atoms with Crippen LogP contribution in [-0.4, -0.2) is 0 Å². The van der Waals surface area contributed by atoms with E-state index in [1.807, 2.05) is 36.4 Å². The summed E-state index contributed by atoms with van der Waals surface area (Å²) in [4.78, 5) is 7.00. The normalized spacial score (nSPS) is 16.2. The molecule has 0 spiro atoms. The van der Waals surface area contributed by atoms with E-state index in [9.17, 15) is 4.39 Å². The first kappa shape index (κ1) is 13.7. The van der Waals surface area contributed by atoms with Gasteiger partial charge in [-0.2, -0.15) is 0 Å². The van der Waals surface area contributed by atoms with E-state index < -0.39 is 0 Å². The molecule has 1 atom stereocenters. The molecular formula is C20H15FN2. The van der Waals surface area contributed by atoms with E-state index in [4.69, 9.17) is 4.99 Å². The molecule has 4 rings (SSSR count). The minimum Gasteiger partial charge on any atom is -0.321 e. The highest BCUT2D eigenvalue weighted by Crippen LogP contribution is 2.29. The third kappa shape index (κ3) is 2.61. The third-order valence-electron chi connectivity index (χ3n) is 3.96. The molecule has 1 unspecified atom stereocenters. The summed E-state index contributed by atoms with van der Waals surface area (Å²) in [5.74, 6) is -0.236.